The van der Waals surface area contributed by atoms with Crippen molar-refractivity contribution in [2.75, 3.05) is 37.8 Å². The average molecular weight is 263 g/mol. The Labute approximate surface area is 116 Å². The van der Waals surface area contributed by atoms with E-state index in [1.165, 1.54) is 0 Å². The van der Waals surface area contributed by atoms with Gasteiger partial charge in [-0.25, -0.2) is 0 Å². The Hall–Kier alpha value is -1.71. The SMILES string of the molecule is CCCCN(CC)c1cc(N)ccc1C(=O)N(C)C. The van der Waals surface area contributed by atoms with Crippen molar-refractivity contribution in [1.29, 1.82) is 0 Å². The monoisotopic (exact) mass is 263 g/mol. The molecule has 1 aromatic carbocycles. The van der Waals surface area contributed by atoms with Crippen LogP contribution in [0, 0.1) is 0 Å². The first-order chi connectivity index (χ1) is 9.01. The number of rotatable bonds is 6. The largest absolute Gasteiger partial charge is 0.399 e. The molecule has 0 saturated heterocycles. The van der Waals surface area contributed by atoms with Gasteiger partial charge < -0.3 is 15.5 Å². The smallest absolute Gasteiger partial charge is 0.255 e. The van der Waals surface area contributed by atoms with Crippen molar-refractivity contribution >= 4 is 17.3 Å². The van der Waals surface area contributed by atoms with Gasteiger partial charge in [-0.1, -0.05) is 13.3 Å². The lowest BCUT2D eigenvalue weighted by Gasteiger charge is -2.26. The predicted octanol–water partition coefficient (Wildman–Crippen LogP) is 2.60. The van der Waals surface area contributed by atoms with Gasteiger partial charge in [0.25, 0.3) is 5.91 Å². The van der Waals surface area contributed by atoms with Crippen molar-refractivity contribution in [2.24, 2.45) is 0 Å². The van der Waals surface area contributed by atoms with Crippen LogP contribution in [0.3, 0.4) is 0 Å². The highest BCUT2D eigenvalue weighted by Crippen LogP contribution is 2.25. The number of hydrogen-bond acceptors (Lipinski definition) is 3. The Morgan fingerprint density at radius 3 is 2.47 bits per heavy atom. The number of carbonyl (C=O) groups is 1. The number of unbranched alkanes of at least 4 members (excludes halogenated alkanes) is 1. The zero-order chi connectivity index (χ0) is 14.4. The van der Waals surface area contributed by atoms with Gasteiger partial charge in [0.2, 0.25) is 0 Å². The first-order valence-corrected chi connectivity index (χ1v) is 6.87. The minimum atomic E-state index is 0.0185. The van der Waals surface area contributed by atoms with Crippen molar-refractivity contribution < 1.29 is 4.79 Å². The molecule has 4 nitrogen and oxygen atoms in total. The van der Waals surface area contributed by atoms with Gasteiger partial charge in [0.15, 0.2) is 0 Å². The first kappa shape index (κ1) is 15.3. The molecule has 0 aliphatic rings. The predicted molar refractivity (Wildman–Crippen MR) is 81.7 cm³/mol. The fourth-order valence-corrected chi connectivity index (χ4v) is 2.03. The van der Waals surface area contributed by atoms with Crippen LogP contribution in [-0.4, -0.2) is 38.0 Å². The maximum Gasteiger partial charge on any atom is 0.255 e. The zero-order valence-corrected chi connectivity index (χ0v) is 12.4. The molecule has 0 aliphatic heterocycles. The summed E-state index contributed by atoms with van der Waals surface area (Å²) in [5, 5.41) is 0. The number of carbonyl (C=O) groups excluding carboxylic acids is 1. The molecule has 106 valence electrons. The number of benzene rings is 1. The summed E-state index contributed by atoms with van der Waals surface area (Å²) in [4.78, 5) is 16.0. The molecule has 1 amide bonds. The second-order valence-electron chi connectivity index (χ2n) is 4.91. The molecule has 0 aliphatic carbocycles. The van der Waals surface area contributed by atoms with Crippen LogP contribution in [0.1, 0.15) is 37.0 Å². The first-order valence-electron chi connectivity index (χ1n) is 6.87. The minimum Gasteiger partial charge on any atom is -0.399 e. The minimum absolute atomic E-state index is 0.0185. The molecule has 19 heavy (non-hydrogen) atoms. The molecule has 0 aromatic heterocycles. The lowest BCUT2D eigenvalue weighted by Crippen LogP contribution is -2.29. The molecule has 0 fully saturated rings. The van der Waals surface area contributed by atoms with E-state index in [1.807, 2.05) is 12.1 Å². The summed E-state index contributed by atoms with van der Waals surface area (Å²) in [7, 11) is 3.54. The van der Waals surface area contributed by atoms with Crippen LogP contribution in [0.25, 0.3) is 0 Å². The summed E-state index contributed by atoms with van der Waals surface area (Å²) < 4.78 is 0. The molecule has 2 N–H and O–H groups in total. The van der Waals surface area contributed by atoms with Crippen molar-refractivity contribution in [2.45, 2.75) is 26.7 Å². The van der Waals surface area contributed by atoms with Crippen molar-refractivity contribution in [3.8, 4) is 0 Å². The van der Waals surface area contributed by atoms with Crippen LogP contribution in [0.15, 0.2) is 18.2 Å². The molecule has 4 heteroatoms. The van der Waals surface area contributed by atoms with Gasteiger partial charge in [0, 0.05) is 32.9 Å². The second-order valence-corrected chi connectivity index (χ2v) is 4.91. The molecular formula is C15H25N3O. The second kappa shape index (κ2) is 7.02. The molecule has 0 heterocycles. The summed E-state index contributed by atoms with van der Waals surface area (Å²) in [6, 6.07) is 5.51. The van der Waals surface area contributed by atoms with Crippen LogP contribution in [0.5, 0.6) is 0 Å². The number of nitrogen functional groups attached to an aromatic ring is 1. The van der Waals surface area contributed by atoms with Gasteiger partial charge in [0.1, 0.15) is 0 Å². The number of nitrogens with zero attached hydrogens (tertiary/aromatic N) is 2. The zero-order valence-electron chi connectivity index (χ0n) is 12.4. The summed E-state index contributed by atoms with van der Waals surface area (Å²) in [6.45, 7) is 6.09. The van der Waals surface area contributed by atoms with E-state index in [4.69, 9.17) is 5.73 Å². The third-order valence-corrected chi connectivity index (χ3v) is 3.16. The highest BCUT2D eigenvalue weighted by Gasteiger charge is 2.17. The van der Waals surface area contributed by atoms with Gasteiger partial charge in [-0.05, 0) is 31.5 Å². The molecular weight excluding hydrogens is 238 g/mol. The van der Waals surface area contributed by atoms with E-state index in [9.17, 15) is 4.79 Å². The quantitative estimate of drug-likeness (QED) is 0.803. The lowest BCUT2D eigenvalue weighted by atomic mass is 10.1. The number of anilines is 2. The lowest BCUT2D eigenvalue weighted by molar-refractivity contribution is 0.0828. The van der Waals surface area contributed by atoms with Crippen LogP contribution in [-0.2, 0) is 0 Å². The fourth-order valence-electron chi connectivity index (χ4n) is 2.03. The Morgan fingerprint density at radius 1 is 1.26 bits per heavy atom. The molecule has 1 rings (SSSR count). The summed E-state index contributed by atoms with van der Waals surface area (Å²) in [5.74, 6) is 0.0185. The van der Waals surface area contributed by atoms with E-state index in [0.717, 1.165) is 37.2 Å². The van der Waals surface area contributed by atoms with Crippen molar-refractivity contribution in [3.05, 3.63) is 23.8 Å². The van der Waals surface area contributed by atoms with Gasteiger partial charge >= 0.3 is 0 Å². The van der Waals surface area contributed by atoms with E-state index in [-0.39, 0.29) is 5.91 Å². The Bertz CT molecular complexity index is 429. The van der Waals surface area contributed by atoms with E-state index in [2.05, 4.69) is 18.7 Å². The fraction of sp³-hybridized carbons (Fsp3) is 0.533. The third kappa shape index (κ3) is 3.88. The number of hydrogen-bond donors (Lipinski definition) is 1. The van der Waals surface area contributed by atoms with Crippen LogP contribution < -0.4 is 10.6 Å². The van der Waals surface area contributed by atoms with Gasteiger partial charge in [-0.2, -0.15) is 0 Å². The maximum absolute atomic E-state index is 12.2. The molecule has 0 unspecified atom stereocenters. The van der Waals surface area contributed by atoms with E-state index < -0.39 is 0 Å². The molecule has 1 aromatic rings. The Morgan fingerprint density at radius 2 is 1.95 bits per heavy atom. The number of nitrogens with two attached hydrogens (primary N) is 1. The standard InChI is InChI=1S/C15H25N3O/c1-5-7-10-18(6-2)14-11-12(16)8-9-13(14)15(19)17(3)4/h8-9,11H,5-7,10,16H2,1-4H3. The topological polar surface area (TPSA) is 49.6 Å². The van der Waals surface area contributed by atoms with Gasteiger partial charge in [-0.3, -0.25) is 4.79 Å². The highest BCUT2D eigenvalue weighted by atomic mass is 16.2. The maximum atomic E-state index is 12.2. The molecule has 0 atom stereocenters. The molecule has 0 radical (unpaired) electrons. The summed E-state index contributed by atoms with van der Waals surface area (Å²) >= 11 is 0. The number of amides is 1. The van der Waals surface area contributed by atoms with E-state index in [0.29, 0.717) is 5.69 Å². The molecule has 0 bridgehead atoms. The van der Waals surface area contributed by atoms with Gasteiger partial charge in [-0.15, -0.1) is 0 Å². The van der Waals surface area contributed by atoms with Gasteiger partial charge in [0.05, 0.1) is 11.3 Å². The Kier molecular flexibility index (Phi) is 5.67. The third-order valence-electron chi connectivity index (χ3n) is 3.16. The molecule has 0 spiro atoms. The van der Waals surface area contributed by atoms with Crippen LogP contribution in [0.2, 0.25) is 0 Å². The normalized spacial score (nSPS) is 10.3. The van der Waals surface area contributed by atoms with Crippen LogP contribution in [0.4, 0.5) is 11.4 Å². The van der Waals surface area contributed by atoms with E-state index >= 15 is 0 Å². The summed E-state index contributed by atoms with van der Waals surface area (Å²) in [6.07, 6.45) is 2.24. The van der Waals surface area contributed by atoms with Crippen molar-refractivity contribution in [1.82, 2.24) is 4.90 Å². The highest BCUT2D eigenvalue weighted by molar-refractivity contribution is 6.00. The summed E-state index contributed by atoms with van der Waals surface area (Å²) in [5.41, 5.74) is 8.23. The van der Waals surface area contributed by atoms with E-state index in [1.54, 1.807) is 25.1 Å². The molecule has 0 saturated carbocycles. The Balaban J connectivity index is 3.14. The van der Waals surface area contributed by atoms with Crippen LogP contribution >= 0.6 is 0 Å². The van der Waals surface area contributed by atoms with Crippen molar-refractivity contribution in [3.63, 3.8) is 0 Å². The average Bonchev–Trinajstić information content (AvgIpc) is 2.39.